The average Bonchev–Trinajstić information content (AvgIpc) is 3.51. The number of aromatic nitrogens is 3. The number of aryl methyl sites for hydroxylation is 5. The second-order valence-corrected chi connectivity index (χ2v) is 13.3. The smallest absolute Gasteiger partial charge is 0.304 e. The predicted octanol–water partition coefficient (Wildman–Crippen LogP) is 6.43. The van der Waals surface area contributed by atoms with E-state index in [-0.39, 0.29) is 9.77 Å². The zero-order valence-electron chi connectivity index (χ0n) is 26.0. The molecule has 44 heavy (non-hydrogen) atoms. The minimum Gasteiger partial charge on any atom is -0.493 e. The molecule has 0 spiro atoms. The predicted molar refractivity (Wildman–Crippen MR) is 174 cm³/mol. The van der Waals surface area contributed by atoms with Crippen LogP contribution in [0.5, 0.6) is 5.75 Å². The molecule has 234 valence electrons. The van der Waals surface area contributed by atoms with Crippen LogP contribution in [0.1, 0.15) is 59.5 Å². The van der Waals surface area contributed by atoms with Crippen LogP contribution in [0.15, 0.2) is 49.9 Å². The van der Waals surface area contributed by atoms with Gasteiger partial charge in [0.25, 0.3) is 5.56 Å². The molecule has 0 aliphatic heterocycles. The second-order valence-electron chi connectivity index (χ2n) is 10.5. The molecule has 4 aromatic heterocycles. The molecule has 4 heterocycles. The Morgan fingerprint density at radius 3 is 2.27 bits per heavy atom. The Hall–Kier alpha value is -4.00. The molecule has 0 unspecified atom stereocenters. The van der Waals surface area contributed by atoms with Crippen molar-refractivity contribution in [1.29, 1.82) is 0 Å². The molecule has 0 fully saturated rings. The summed E-state index contributed by atoms with van der Waals surface area (Å²) in [6.45, 7) is 14.2. The van der Waals surface area contributed by atoms with E-state index in [1.807, 2.05) is 65.8 Å². The van der Waals surface area contributed by atoms with Crippen LogP contribution in [-0.2, 0) is 29.5 Å². The van der Waals surface area contributed by atoms with Gasteiger partial charge >= 0.3 is 10.1 Å². The molecule has 3 N–H and O–H groups in total. The molecular weight excluding hydrogens is 601 g/mol. The summed E-state index contributed by atoms with van der Waals surface area (Å²) < 4.78 is 45.7. The second kappa shape index (κ2) is 13.3. The van der Waals surface area contributed by atoms with Crippen molar-refractivity contribution in [3.8, 4) is 16.9 Å². The minimum atomic E-state index is -4.33. The van der Waals surface area contributed by atoms with Gasteiger partial charge in [0, 0.05) is 27.8 Å². The van der Waals surface area contributed by atoms with Gasteiger partial charge in [0.2, 0.25) is 0 Å². The van der Waals surface area contributed by atoms with Crippen LogP contribution in [0.4, 0.5) is 5.82 Å². The van der Waals surface area contributed by atoms with E-state index >= 15 is 0 Å². The highest BCUT2D eigenvalue weighted by atomic mass is 32.3. The highest BCUT2D eigenvalue weighted by Crippen LogP contribution is 2.37. The molecule has 0 saturated heterocycles. The summed E-state index contributed by atoms with van der Waals surface area (Å²) >= 11 is 1.05. The number of hydrogen-bond acceptors (Lipinski definition) is 9. The van der Waals surface area contributed by atoms with E-state index in [9.17, 15) is 17.8 Å². The number of rotatable bonds is 8. The first-order valence-electron chi connectivity index (χ1n) is 14.3. The van der Waals surface area contributed by atoms with Crippen molar-refractivity contribution in [3.63, 3.8) is 0 Å². The molecular formula is C32H38N4O6S2. The number of anilines is 1. The van der Waals surface area contributed by atoms with E-state index in [1.165, 1.54) is 6.07 Å². The van der Waals surface area contributed by atoms with Gasteiger partial charge in [0.15, 0.2) is 10.0 Å². The zero-order chi connectivity index (χ0) is 32.3. The number of nitrogen functional groups attached to an aromatic ring is 1. The van der Waals surface area contributed by atoms with Crippen molar-refractivity contribution in [2.75, 3.05) is 12.3 Å². The molecule has 0 bridgehead atoms. The first kappa shape index (κ1) is 32.9. The normalized spacial score (nSPS) is 11.5. The van der Waals surface area contributed by atoms with Gasteiger partial charge in [-0.15, -0.1) is 11.3 Å². The monoisotopic (exact) mass is 638 g/mol. The number of fused-ring (bicyclic) bond motifs is 1. The van der Waals surface area contributed by atoms with Crippen molar-refractivity contribution in [2.24, 2.45) is 0 Å². The maximum Gasteiger partial charge on any atom is 0.304 e. The number of pyridine rings is 2. The van der Waals surface area contributed by atoms with Crippen LogP contribution in [0.2, 0.25) is 0 Å². The van der Waals surface area contributed by atoms with Crippen molar-refractivity contribution < 1.29 is 22.2 Å². The van der Waals surface area contributed by atoms with Crippen molar-refractivity contribution in [3.05, 3.63) is 85.5 Å². The number of nitrogens with two attached hydrogens (primary N) is 1. The van der Waals surface area contributed by atoms with Crippen LogP contribution >= 0.6 is 11.3 Å². The van der Waals surface area contributed by atoms with Crippen molar-refractivity contribution in [1.82, 2.24) is 14.7 Å². The highest BCUT2D eigenvalue weighted by molar-refractivity contribution is 7.88. The third-order valence-corrected chi connectivity index (χ3v) is 9.77. The van der Waals surface area contributed by atoms with Crippen LogP contribution < -0.4 is 16.0 Å². The summed E-state index contributed by atoms with van der Waals surface area (Å²) in [6.07, 6.45) is 1.46. The Labute approximate surface area is 261 Å². The van der Waals surface area contributed by atoms with Gasteiger partial charge in [-0.2, -0.15) is 8.42 Å². The van der Waals surface area contributed by atoms with E-state index in [0.29, 0.717) is 36.7 Å². The molecule has 12 heteroatoms. The van der Waals surface area contributed by atoms with Crippen LogP contribution in [0.3, 0.4) is 0 Å². The molecule has 0 aliphatic carbocycles. The van der Waals surface area contributed by atoms with Gasteiger partial charge in [0.05, 0.1) is 29.7 Å². The summed E-state index contributed by atoms with van der Waals surface area (Å²) in [5.74, 6) is 1.84. The third kappa shape index (κ3) is 6.87. The Morgan fingerprint density at radius 2 is 1.75 bits per heavy atom. The summed E-state index contributed by atoms with van der Waals surface area (Å²) in [7, 11) is -4.33. The van der Waals surface area contributed by atoms with E-state index in [2.05, 4.69) is 5.16 Å². The Bertz CT molecular complexity index is 1970. The Balaban J connectivity index is 0.000000479. The lowest BCUT2D eigenvalue weighted by Gasteiger charge is -2.17. The standard InChI is InChI=1S/C27H30N2O5S2.C5H8N2O/c1-6-19-13-23-26(22(7-2)28-19)24(34-8-3)14-25(30)29(23)15-18-9-10-20(16(4)11-18)21-12-17(5)35-27(21)36(31,32)33;1-3-4(2)8-7-5(3)6/h9-14H,6-8,15H2,1-5H3,(H,31,32,33);1-2H3,(H2,6,7). The van der Waals surface area contributed by atoms with Crippen LogP contribution in [-0.4, -0.2) is 34.3 Å². The fraction of sp³-hybridized carbons (Fsp3) is 0.344. The molecule has 0 radical (unpaired) electrons. The lowest BCUT2D eigenvalue weighted by Crippen LogP contribution is -2.22. The number of ether oxygens (including phenoxy) is 1. The molecule has 1 aromatic carbocycles. The molecule has 10 nitrogen and oxygen atoms in total. The van der Waals surface area contributed by atoms with E-state index in [1.54, 1.807) is 17.6 Å². The SMILES string of the molecule is CCOc1cc(=O)n(Cc2ccc(-c3cc(C)sc3S(=O)(=O)O)c(C)c2)c2cc(CC)nc(CC)c12.Cc1onc(N)c1C. The molecule has 5 rings (SSSR count). The maximum atomic E-state index is 13.2. The van der Waals surface area contributed by atoms with Crippen LogP contribution in [0.25, 0.3) is 22.0 Å². The van der Waals surface area contributed by atoms with Crippen molar-refractivity contribution >= 4 is 38.2 Å². The zero-order valence-corrected chi connectivity index (χ0v) is 27.6. The van der Waals surface area contributed by atoms with Gasteiger partial charge in [-0.25, -0.2) is 0 Å². The molecule has 0 atom stereocenters. The first-order valence-corrected chi connectivity index (χ1v) is 16.6. The third-order valence-electron chi connectivity index (χ3n) is 7.35. The molecule has 0 amide bonds. The van der Waals surface area contributed by atoms with Crippen molar-refractivity contribution in [2.45, 2.75) is 72.1 Å². The molecule has 0 saturated carbocycles. The number of hydrogen-bond donors (Lipinski definition) is 2. The van der Waals surface area contributed by atoms with Gasteiger partial charge in [-0.1, -0.05) is 37.2 Å². The van der Waals surface area contributed by atoms with Gasteiger partial charge < -0.3 is 19.6 Å². The lowest BCUT2D eigenvalue weighted by atomic mass is 10.00. The summed E-state index contributed by atoms with van der Waals surface area (Å²) in [4.78, 5) is 18.8. The minimum absolute atomic E-state index is 0.0590. The summed E-state index contributed by atoms with van der Waals surface area (Å²) in [6, 6.07) is 11.0. The van der Waals surface area contributed by atoms with Gasteiger partial charge in [-0.3, -0.25) is 14.3 Å². The largest absolute Gasteiger partial charge is 0.493 e. The van der Waals surface area contributed by atoms with E-state index < -0.39 is 10.1 Å². The van der Waals surface area contributed by atoms with Gasteiger partial charge in [0.1, 0.15) is 11.5 Å². The highest BCUT2D eigenvalue weighted by Gasteiger charge is 2.22. The first-order chi connectivity index (χ1) is 20.8. The summed E-state index contributed by atoms with van der Waals surface area (Å²) in [5.41, 5.74) is 11.7. The quantitative estimate of drug-likeness (QED) is 0.183. The maximum absolute atomic E-state index is 13.2. The number of thiophene rings is 1. The average molecular weight is 639 g/mol. The Kier molecular flexibility index (Phi) is 9.97. The van der Waals surface area contributed by atoms with Crippen LogP contribution in [0, 0.1) is 27.7 Å². The number of benzene rings is 1. The number of nitrogens with zero attached hydrogens (tertiary/aromatic N) is 3. The molecule has 5 aromatic rings. The molecule has 0 aliphatic rings. The lowest BCUT2D eigenvalue weighted by molar-refractivity contribution is 0.343. The topological polar surface area (TPSA) is 151 Å². The van der Waals surface area contributed by atoms with Gasteiger partial charge in [-0.05, 0) is 76.3 Å². The summed E-state index contributed by atoms with van der Waals surface area (Å²) in [5, 5.41) is 4.38. The fourth-order valence-electron chi connectivity index (χ4n) is 4.99. The fourth-order valence-corrected chi connectivity index (χ4v) is 7.00. The van der Waals surface area contributed by atoms with E-state index in [4.69, 9.17) is 20.0 Å². The Morgan fingerprint density at radius 1 is 1.02 bits per heavy atom. The van der Waals surface area contributed by atoms with E-state index in [0.717, 1.165) is 72.9 Å².